The zero-order chi connectivity index (χ0) is 17.0. The molecule has 0 heterocycles. The summed E-state index contributed by atoms with van der Waals surface area (Å²) in [5.74, 6) is -0.472. The molecule has 0 radical (unpaired) electrons. The zero-order valence-corrected chi connectivity index (χ0v) is 14.9. The van der Waals surface area contributed by atoms with Crippen LogP contribution in [0.25, 0.3) is 0 Å². The van der Waals surface area contributed by atoms with Gasteiger partial charge in [0, 0.05) is 31.3 Å². The lowest BCUT2D eigenvalue weighted by Crippen LogP contribution is -2.42. The molecule has 1 aromatic rings. The highest BCUT2D eigenvalue weighted by Gasteiger charge is 2.36. The Bertz CT molecular complexity index is 530. The highest BCUT2D eigenvalue weighted by Crippen LogP contribution is 2.36. The molecule has 0 aliphatic heterocycles. The van der Waals surface area contributed by atoms with E-state index in [1.165, 1.54) is 12.1 Å². The fourth-order valence-electron chi connectivity index (χ4n) is 1.69. The molecule has 7 heteroatoms. The van der Waals surface area contributed by atoms with E-state index in [1.807, 2.05) is 0 Å². The number of hydrogen-bond acceptors (Lipinski definition) is 4. The van der Waals surface area contributed by atoms with Crippen LogP contribution in [0.5, 0.6) is 0 Å². The summed E-state index contributed by atoms with van der Waals surface area (Å²) in [7, 11) is -1.78. The number of nitro groups is 1. The maximum absolute atomic E-state index is 13.2. The Morgan fingerprint density at radius 3 is 2.55 bits per heavy atom. The van der Waals surface area contributed by atoms with Gasteiger partial charge >= 0.3 is 0 Å². The van der Waals surface area contributed by atoms with Gasteiger partial charge in [-0.2, -0.15) is 0 Å². The smallest absolute Gasteiger partial charge is 0.274 e. The summed E-state index contributed by atoms with van der Waals surface area (Å²) in [6.07, 6.45) is 0. The van der Waals surface area contributed by atoms with Gasteiger partial charge in [-0.15, -0.1) is 0 Å². The van der Waals surface area contributed by atoms with E-state index in [9.17, 15) is 14.5 Å². The van der Waals surface area contributed by atoms with Crippen LogP contribution in [-0.2, 0) is 11.0 Å². The third kappa shape index (κ3) is 5.15. The van der Waals surface area contributed by atoms with Gasteiger partial charge in [-0.3, -0.25) is 10.1 Å². The van der Waals surface area contributed by atoms with Crippen LogP contribution in [0.4, 0.5) is 10.1 Å². The lowest BCUT2D eigenvalue weighted by atomic mass is 10.1. The normalized spacial score (nSPS) is 12.5. The van der Waals surface area contributed by atoms with Crippen molar-refractivity contribution in [3.63, 3.8) is 0 Å². The van der Waals surface area contributed by atoms with Crippen molar-refractivity contribution in [3.05, 3.63) is 39.7 Å². The molecule has 0 saturated carbocycles. The molecule has 0 amide bonds. The summed E-state index contributed by atoms with van der Waals surface area (Å²) >= 11 is 0. The minimum atomic E-state index is -1.78. The molecular formula is C15H25FN2O3Si. The van der Waals surface area contributed by atoms with Crippen LogP contribution in [0, 0.1) is 15.9 Å². The summed E-state index contributed by atoms with van der Waals surface area (Å²) in [4.78, 5) is 10.4. The molecule has 0 atom stereocenters. The molecule has 1 N–H and O–H groups in total. The SMILES string of the molecule is CC(C)(C)[Si](C)(C)OCCNCc1cc(F)ccc1[N+](=O)[O-]. The Hall–Kier alpha value is -1.31. The topological polar surface area (TPSA) is 64.4 Å². The Morgan fingerprint density at radius 2 is 2.00 bits per heavy atom. The van der Waals surface area contributed by atoms with Gasteiger partial charge in [-0.1, -0.05) is 20.8 Å². The fraction of sp³-hybridized carbons (Fsp3) is 0.600. The molecule has 0 aliphatic rings. The molecule has 0 saturated heterocycles. The maximum Gasteiger partial charge on any atom is 0.274 e. The molecule has 124 valence electrons. The highest BCUT2D eigenvalue weighted by molar-refractivity contribution is 6.74. The average molecular weight is 328 g/mol. The third-order valence-electron chi connectivity index (χ3n) is 4.10. The molecule has 0 spiro atoms. The quantitative estimate of drug-likeness (QED) is 0.357. The number of nitrogens with one attached hydrogen (secondary N) is 1. The van der Waals surface area contributed by atoms with Crippen LogP contribution < -0.4 is 5.32 Å². The number of halogens is 1. The first kappa shape index (κ1) is 18.7. The van der Waals surface area contributed by atoms with Crippen molar-refractivity contribution in [2.45, 2.75) is 45.4 Å². The first-order chi connectivity index (χ1) is 10.0. The van der Waals surface area contributed by atoms with Gasteiger partial charge in [-0.05, 0) is 30.3 Å². The van der Waals surface area contributed by atoms with E-state index < -0.39 is 19.1 Å². The van der Waals surface area contributed by atoms with Gasteiger partial charge in [0.15, 0.2) is 8.32 Å². The van der Waals surface area contributed by atoms with Gasteiger partial charge in [-0.25, -0.2) is 4.39 Å². The van der Waals surface area contributed by atoms with E-state index in [1.54, 1.807) is 0 Å². The van der Waals surface area contributed by atoms with E-state index in [2.05, 4.69) is 39.2 Å². The Kier molecular flexibility index (Phi) is 6.22. The summed E-state index contributed by atoms with van der Waals surface area (Å²) in [5.41, 5.74) is 0.275. The van der Waals surface area contributed by atoms with Crippen molar-refractivity contribution in [1.29, 1.82) is 0 Å². The monoisotopic (exact) mass is 328 g/mol. The predicted octanol–water partition coefficient (Wildman–Crippen LogP) is 3.85. The van der Waals surface area contributed by atoms with Gasteiger partial charge < -0.3 is 9.74 Å². The second kappa shape index (κ2) is 7.30. The molecule has 0 aliphatic carbocycles. The largest absolute Gasteiger partial charge is 0.416 e. The summed E-state index contributed by atoms with van der Waals surface area (Å²) in [5, 5.41) is 14.1. The lowest BCUT2D eigenvalue weighted by Gasteiger charge is -2.36. The summed E-state index contributed by atoms with van der Waals surface area (Å²) < 4.78 is 19.2. The summed E-state index contributed by atoms with van der Waals surface area (Å²) in [6.45, 7) is 12.2. The third-order valence-corrected chi connectivity index (χ3v) is 8.64. The molecular weight excluding hydrogens is 303 g/mol. The van der Waals surface area contributed by atoms with Crippen molar-refractivity contribution in [2.24, 2.45) is 0 Å². The fourth-order valence-corrected chi connectivity index (χ4v) is 2.74. The molecule has 5 nitrogen and oxygen atoms in total. The van der Waals surface area contributed by atoms with E-state index in [0.29, 0.717) is 18.7 Å². The molecule has 0 aromatic heterocycles. The van der Waals surface area contributed by atoms with Gasteiger partial charge in [0.25, 0.3) is 5.69 Å². The number of rotatable bonds is 7. The molecule has 0 bridgehead atoms. The van der Waals surface area contributed by atoms with Gasteiger partial charge in [0.1, 0.15) is 5.82 Å². The van der Waals surface area contributed by atoms with Crippen molar-refractivity contribution in [1.82, 2.24) is 5.32 Å². The minimum Gasteiger partial charge on any atom is -0.416 e. The van der Waals surface area contributed by atoms with E-state index in [4.69, 9.17) is 4.43 Å². The van der Waals surface area contributed by atoms with Crippen LogP contribution >= 0.6 is 0 Å². The van der Waals surface area contributed by atoms with Crippen molar-refractivity contribution < 1.29 is 13.7 Å². The Balaban J connectivity index is 2.49. The summed E-state index contributed by atoms with van der Waals surface area (Å²) in [6, 6.07) is 3.49. The molecule has 0 unspecified atom stereocenters. The molecule has 22 heavy (non-hydrogen) atoms. The first-order valence-electron chi connectivity index (χ1n) is 7.32. The van der Waals surface area contributed by atoms with Crippen molar-refractivity contribution in [2.75, 3.05) is 13.2 Å². The van der Waals surface area contributed by atoms with Crippen LogP contribution in [-0.4, -0.2) is 26.4 Å². The average Bonchev–Trinajstić information content (AvgIpc) is 2.36. The predicted molar refractivity (Wildman–Crippen MR) is 87.9 cm³/mol. The number of hydrogen-bond donors (Lipinski definition) is 1. The number of nitrogens with zero attached hydrogens (tertiary/aromatic N) is 1. The van der Waals surface area contributed by atoms with E-state index in [0.717, 1.165) is 6.07 Å². The standard InChI is InChI=1S/C15H25FN2O3Si/c1-15(2,3)22(4,5)21-9-8-17-11-12-10-13(16)6-7-14(12)18(19)20/h6-7,10,17H,8-9,11H2,1-5H3. The van der Waals surface area contributed by atoms with E-state index in [-0.39, 0.29) is 17.3 Å². The Morgan fingerprint density at radius 1 is 1.36 bits per heavy atom. The second-order valence-corrected chi connectivity index (χ2v) is 11.6. The van der Waals surface area contributed by atoms with Gasteiger partial charge in [0.2, 0.25) is 0 Å². The molecule has 1 aromatic carbocycles. The van der Waals surface area contributed by atoms with Crippen LogP contribution in [0.2, 0.25) is 18.1 Å². The van der Waals surface area contributed by atoms with Crippen LogP contribution in [0.1, 0.15) is 26.3 Å². The molecule has 0 fully saturated rings. The van der Waals surface area contributed by atoms with Crippen molar-refractivity contribution in [3.8, 4) is 0 Å². The maximum atomic E-state index is 13.2. The molecule has 1 rings (SSSR count). The highest BCUT2D eigenvalue weighted by atomic mass is 28.4. The second-order valence-electron chi connectivity index (χ2n) is 6.82. The lowest BCUT2D eigenvalue weighted by molar-refractivity contribution is -0.385. The van der Waals surface area contributed by atoms with Crippen LogP contribution in [0.15, 0.2) is 18.2 Å². The van der Waals surface area contributed by atoms with Crippen molar-refractivity contribution >= 4 is 14.0 Å². The van der Waals surface area contributed by atoms with E-state index >= 15 is 0 Å². The Labute approximate surface area is 132 Å². The van der Waals surface area contributed by atoms with Crippen LogP contribution in [0.3, 0.4) is 0 Å². The number of nitro benzene ring substituents is 1. The van der Waals surface area contributed by atoms with Gasteiger partial charge in [0.05, 0.1) is 4.92 Å². The zero-order valence-electron chi connectivity index (χ0n) is 13.9. The number of benzene rings is 1. The first-order valence-corrected chi connectivity index (χ1v) is 10.2. The minimum absolute atomic E-state index is 0.0702.